The van der Waals surface area contributed by atoms with Crippen molar-refractivity contribution in [2.75, 3.05) is 17.7 Å². The summed E-state index contributed by atoms with van der Waals surface area (Å²) in [5.74, 6) is 1.53. The number of ether oxygens (including phenoxy) is 2. The summed E-state index contributed by atoms with van der Waals surface area (Å²) in [5, 5.41) is 14.7. The molecule has 1 unspecified atom stereocenters. The number of methoxy groups -OCH3 is 1. The lowest BCUT2D eigenvalue weighted by Gasteiger charge is -2.26. The van der Waals surface area contributed by atoms with E-state index >= 15 is 0 Å². The highest BCUT2D eigenvalue weighted by molar-refractivity contribution is 6.09. The van der Waals surface area contributed by atoms with Gasteiger partial charge in [-0.25, -0.2) is 4.98 Å². The van der Waals surface area contributed by atoms with Crippen molar-refractivity contribution in [2.24, 2.45) is 0 Å². The van der Waals surface area contributed by atoms with Gasteiger partial charge in [0.05, 0.1) is 24.5 Å². The van der Waals surface area contributed by atoms with Gasteiger partial charge in [-0.15, -0.1) is 0 Å². The fourth-order valence-corrected chi connectivity index (χ4v) is 3.18. The number of aromatic nitrogens is 3. The molecule has 4 aromatic rings. The smallest absolute Gasteiger partial charge is 0.287 e. The van der Waals surface area contributed by atoms with E-state index in [1.165, 1.54) is 0 Å². The second kappa shape index (κ2) is 5.87. The molecule has 2 aromatic carbocycles. The first-order chi connectivity index (χ1) is 13.2. The van der Waals surface area contributed by atoms with Crippen LogP contribution < -0.4 is 20.1 Å². The van der Waals surface area contributed by atoms with Crippen molar-refractivity contribution in [1.82, 2.24) is 15.2 Å². The van der Waals surface area contributed by atoms with Crippen molar-refractivity contribution < 1.29 is 14.3 Å². The van der Waals surface area contributed by atoms with E-state index in [9.17, 15) is 4.79 Å². The number of fused-ring (bicyclic) bond motifs is 4. The molecular formula is C19H15N5O3. The van der Waals surface area contributed by atoms with Crippen LogP contribution in [0.2, 0.25) is 0 Å². The predicted octanol–water partition coefficient (Wildman–Crippen LogP) is 2.89. The van der Waals surface area contributed by atoms with Crippen molar-refractivity contribution in [1.29, 1.82) is 0 Å². The lowest BCUT2D eigenvalue weighted by atomic mass is 10.1. The van der Waals surface area contributed by atoms with Crippen molar-refractivity contribution in [3.8, 4) is 11.5 Å². The number of aromatic amines is 1. The number of carbonyl (C=O) groups is 1. The van der Waals surface area contributed by atoms with Gasteiger partial charge in [-0.2, -0.15) is 5.10 Å². The van der Waals surface area contributed by atoms with Crippen LogP contribution >= 0.6 is 0 Å². The van der Waals surface area contributed by atoms with E-state index in [0.29, 0.717) is 22.8 Å². The molecule has 3 N–H and O–H groups in total. The molecule has 1 atom stereocenters. The molecule has 8 heteroatoms. The van der Waals surface area contributed by atoms with Crippen LogP contribution in [0.25, 0.3) is 21.8 Å². The van der Waals surface area contributed by atoms with E-state index in [1.807, 2.05) is 30.3 Å². The van der Waals surface area contributed by atoms with Gasteiger partial charge in [0.15, 0.2) is 5.82 Å². The van der Waals surface area contributed by atoms with Gasteiger partial charge in [-0.3, -0.25) is 9.89 Å². The number of H-pyrrole nitrogens is 1. The molecule has 1 amide bonds. The van der Waals surface area contributed by atoms with Gasteiger partial charge < -0.3 is 20.1 Å². The molecule has 27 heavy (non-hydrogen) atoms. The molecule has 2 aromatic heterocycles. The van der Waals surface area contributed by atoms with Crippen LogP contribution in [-0.4, -0.2) is 34.4 Å². The zero-order chi connectivity index (χ0) is 18.4. The Morgan fingerprint density at radius 1 is 1.19 bits per heavy atom. The van der Waals surface area contributed by atoms with E-state index in [1.54, 1.807) is 25.4 Å². The molecule has 0 radical (unpaired) electrons. The molecule has 0 aliphatic carbocycles. The molecule has 0 bridgehead atoms. The van der Waals surface area contributed by atoms with Crippen LogP contribution in [0.4, 0.5) is 11.5 Å². The third-order valence-electron chi connectivity index (χ3n) is 4.50. The summed E-state index contributed by atoms with van der Waals surface area (Å²) in [6, 6.07) is 12.9. The molecule has 1 aliphatic heterocycles. The van der Waals surface area contributed by atoms with Crippen LogP contribution in [0.15, 0.2) is 48.7 Å². The Morgan fingerprint density at radius 3 is 2.96 bits per heavy atom. The lowest BCUT2D eigenvalue weighted by molar-refractivity contribution is -0.122. The minimum Gasteiger partial charge on any atom is -0.497 e. The quantitative estimate of drug-likeness (QED) is 0.519. The summed E-state index contributed by atoms with van der Waals surface area (Å²) in [6.45, 7) is 0. The van der Waals surface area contributed by atoms with Crippen molar-refractivity contribution in [3.63, 3.8) is 0 Å². The Balaban J connectivity index is 1.57. The third kappa shape index (κ3) is 2.50. The Bertz CT molecular complexity index is 1190. The number of nitrogens with zero attached hydrogens (tertiary/aromatic N) is 2. The summed E-state index contributed by atoms with van der Waals surface area (Å²) in [4.78, 5) is 17.1. The fourth-order valence-electron chi connectivity index (χ4n) is 3.18. The molecule has 0 saturated heterocycles. The molecular weight excluding hydrogens is 346 g/mol. The monoisotopic (exact) mass is 361 g/mol. The second-order valence-electron chi connectivity index (χ2n) is 6.13. The number of para-hydroxylation sites is 2. The van der Waals surface area contributed by atoms with Gasteiger partial charge in [0.1, 0.15) is 17.0 Å². The van der Waals surface area contributed by atoms with Gasteiger partial charge in [-0.1, -0.05) is 12.1 Å². The number of amides is 1. The second-order valence-corrected chi connectivity index (χ2v) is 6.13. The van der Waals surface area contributed by atoms with Crippen molar-refractivity contribution >= 4 is 39.2 Å². The van der Waals surface area contributed by atoms with Crippen LogP contribution in [0, 0.1) is 0 Å². The van der Waals surface area contributed by atoms with Gasteiger partial charge in [-0.05, 0) is 30.3 Å². The Labute approximate surface area is 153 Å². The number of hydrogen-bond donors (Lipinski definition) is 3. The first kappa shape index (κ1) is 15.4. The average Bonchev–Trinajstić information content (AvgIpc) is 3.19. The van der Waals surface area contributed by atoms with Gasteiger partial charge in [0.25, 0.3) is 12.1 Å². The van der Waals surface area contributed by atoms with E-state index in [2.05, 4.69) is 25.8 Å². The number of hydrogen-bond acceptors (Lipinski definition) is 6. The zero-order valence-corrected chi connectivity index (χ0v) is 14.3. The molecule has 1 aliphatic rings. The lowest BCUT2D eigenvalue weighted by Crippen LogP contribution is -2.42. The maximum absolute atomic E-state index is 12.4. The summed E-state index contributed by atoms with van der Waals surface area (Å²) in [6.07, 6.45) is 0.816. The molecule has 0 spiro atoms. The Kier molecular flexibility index (Phi) is 3.36. The third-order valence-corrected chi connectivity index (χ3v) is 4.50. The van der Waals surface area contributed by atoms with E-state index in [-0.39, 0.29) is 5.91 Å². The van der Waals surface area contributed by atoms with Gasteiger partial charge in [0.2, 0.25) is 0 Å². The molecule has 8 nitrogen and oxygen atoms in total. The zero-order valence-electron chi connectivity index (χ0n) is 14.3. The van der Waals surface area contributed by atoms with E-state index < -0.39 is 6.23 Å². The van der Waals surface area contributed by atoms with Crippen LogP contribution in [0.3, 0.4) is 0 Å². The number of pyridine rings is 1. The molecule has 3 heterocycles. The maximum atomic E-state index is 12.4. The molecule has 5 rings (SSSR count). The van der Waals surface area contributed by atoms with Crippen LogP contribution in [0.5, 0.6) is 11.5 Å². The van der Waals surface area contributed by atoms with Crippen LogP contribution in [-0.2, 0) is 4.79 Å². The minimum atomic E-state index is -0.908. The number of anilines is 2. The van der Waals surface area contributed by atoms with Crippen LogP contribution in [0.1, 0.15) is 0 Å². The van der Waals surface area contributed by atoms with E-state index in [4.69, 9.17) is 9.47 Å². The highest BCUT2D eigenvalue weighted by atomic mass is 16.5. The normalized spacial score (nSPS) is 15.9. The maximum Gasteiger partial charge on any atom is 0.287 e. The number of rotatable bonds is 3. The van der Waals surface area contributed by atoms with Crippen molar-refractivity contribution in [2.45, 2.75) is 6.23 Å². The molecule has 0 fully saturated rings. The average molecular weight is 361 g/mol. The SMILES string of the molecule is COc1ccc2nc(NC3Oc4ccccc4NC3=O)c3[nH]ncc3c2c1. The number of nitrogens with one attached hydrogen (secondary N) is 3. The first-order valence-electron chi connectivity index (χ1n) is 8.37. The summed E-state index contributed by atoms with van der Waals surface area (Å²) < 4.78 is 11.1. The summed E-state index contributed by atoms with van der Waals surface area (Å²) >= 11 is 0. The summed E-state index contributed by atoms with van der Waals surface area (Å²) in [7, 11) is 1.62. The fraction of sp³-hybridized carbons (Fsp3) is 0.105. The number of carbonyl (C=O) groups excluding carboxylic acids is 1. The van der Waals surface area contributed by atoms with Crippen molar-refractivity contribution in [3.05, 3.63) is 48.7 Å². The predicted molar refractivity (Wildman–Crippen MR) is 101 cm³/mol. The molecule has 134 valence electrons. The Hall–Kier alpha value is -3.81. The summed E-state index contributed by atoms with van der Waals surface area (Å²) in [5.41, 5.74) is 2.08. The molecule has 0 saturated carbocycles. The number of benzene rings is 2. The standard InChI is InChI=1S/C19H15N5O3/c1-26-10-6-7-13-11(8-10)12-9-20-24-16(12)17(21-13)23-19-18(25)22-14-4-2-3-5-15(14)27-19/h2-9,19H,1H3,(H,20,24)(H,21,23)(H,22,25). The largest absolute Gasteiger partial charge is 0.497 e. The van der Waals surface area contributed by atoms with Gasteiger partial charge >= 0.3 is 0 Å². The van der Waals surface area contributed by atoms with Gasteiger partial charge in [0, 0.05) is 10.8 Å². The highest BCUT2D eigenvalue weighted by Gasteiger charge is 2.28. The highest BCUT2D eigenvalue weighted by Crippen LogP contribution is 2.32. The van der Waals surface area contributed by atoms with E-state index in [0.717, 1.165) is 22.0 Å². The Morgan fingerprint density at radius 2 is 2.07 bits per heavy atom. The first-order valence-corrected chi connectivity index (χ1v) is 8.37. The minimum absolute atomic E-state index is 0.294. The topological polar surface area (TPSA) is 101 Å².